The molecule has 6 heteroatoms. The van der Waals surface area contributed by atoms with Crippen molar-refractivity contribution < 1.29 is 13.9 Å². The third-order valence-corrected chi connectivity index (χ3v) is 4.24. The normalized spacial score (nSPS) is 11.2. The van der Waals surface area contributed by atoms with E-state index in [-0.39, 0.29) is 0 Å². The van der Waals surface area contributed by atoms with Gasteiger partial charge in [0.2, 0.25) is 0 Å². The van der Waals surface area contributed by atoms with Crippen LogP contribution in [0.5, 0.6) is 11.5 Å². The second-order valence-electron chi connectivity index (χ2n) is 5.84. The third-order valence-electron chi connectivity index (χ3n) is 3.94. The Kier molecular flexibility index (Phi) is 5.40. The third kappa shape index (κ3) is 3.86. The Hall–Kier alpha value is -2.31. The minimum atomic E-state index is 0.484. The van der Waals surface area contributed by atoms with Gasteiger partial charge in [0, 0.05) is 6.54 Å². The van der Waals surface area contributed by atoms with E-state index in [1.54, 1.807) is 7.11 Å². The molecule has 3 aromatic rings. The van der Waals surface area contributed by atoms with Crippen molar-refractivity contribution in [3.63, 3.8) is 0 Å². The Morgan fingerprint density at radius 1 is 1.16 bits per heavy atom. The topological polar surface area (TPSA) is 39.8 Å². The average Bonchev–Trinajstić information content (AvgIpc) is 2.92. The number of nitrogens with zero attached hydrogens (tertiary/aromatic N) is 2. The molecule has 0 aliphatic rings. The highest BCUT2D eigenvalue weighted by atomic mass is 32.1. The number of aromatic nitrogens is 1. The van der Waals surface area contributed by atoms with Crippen molar-refractivity contribution >= 4 is 23.3 Å². The van der Waals surface area contributed by atoms with Gasteiger partial charge in [-0.25, -0.2) is 0 Å². The summed E-state index contributed by atoms with van der Waals surface area (Å²) >= 11 is 5.35. The summed E-state index contributed by atoms with van der Waals surface area (Å²) in [6.45, 7) is 3.97. The Balaban J connectivity index is 1.77. The molecule has 0 saturated heterocycles. The van der Waals surface area contributed by atoms with Crippen molar-refractivity contribution in [1.82, 2.24) is 9.47 Å². The van der Waals surface area contributed by atoms with E-state index in [4.69, 9.17) is 26.1 Å². The maximum absolute atomic E-state index is 5.64. The molecule has 0 radical (unpaired) electrons. The molecule has 0 N–H and O–H groups in total. The quantitative estimate of drug-likeness (QED) is 0.583. The number of rotatable bonds is 7. The van der Waals surface area contributed by atoms with Gasteiger partial charge in [-0.15, -0.1) is 0 Å². The van der Waals surface area contributed by atoms with Gasteiger partial charge in [0.1, 0.15) is 0 Å². The first-order chi connectivity index (χ1) is 12.1. The molecule has 0 saturated carbocycles. The largest absolute Gasteiger partial charge is 0.493 e. The lowest BCUT2D eigenvalue weighted by Crippen LogP contribution is -2.21. The van der Waals surface area contributed by atoms with Crippen LogP contribution in [0.4, 0.5) is 0 Å². The van der Waals surface area contributed by atoms with Crippen LogP contribution in [-0.2, 0) is 13.2 Å². The summed E-state index contributed by atoms with van der Waals surface area (Å²) in [5, 5.41) is 0. The number of para-hydroxylation sites is 2. The van der Waals surface area contributed by atoms with Gasteiger partial charge in [-0.2, -0.15) is 0 Å². The van der Waals surface area contributed by atoms with Crippen LogP contribution in [0.3, 0.4) is 0 Å². The predicted molar refractivity (Wildman–Crippen MR) is 101 cm³/mol. The lowest BCUT2D eigenvalue weighted by Gasteiger charge is -2.18. The molecule has 2 aromatic carbocycles. The molecule has 5 nitrogen and oxygen atoms in total. The Bertz CT molecular complexity index is 916. The van der Waals surface area contributed by atoms with E-state index >= 15 is 0 Å². The Morgan fingerprint density at radius 3 is 2.72 bits per heavy atom. The lowest BCUT2D eigenvalue weighted by molar-refractivity contribution is 0.256. The summed E-state index contributed by atoms with van der Waals surface area (Å²) in [6.07, 6.45) is 0. The first-order valence-corrected chi connectivity index (χ1v) is 8.59. The van der Waals surface area contributed by atoms with Gasteiger partial charge in [0.05, 0.1) is 25.9 Å². The van der Waals surface area contributed by atoms with E-state index < -0.39 is 0 Å². The SMILES string of the molecule is CCOc1ccc(CN(C)Cn2c(=S)oc3ccccc32)cc1OC. The number of hydrogen-bond acceptors (Lipinski definition) is 5. The maximum atomic E-state index is 5.64. The highest BCUT2D eigenvalue weighted by Crippen LogP contribution is 2.28. The fourth-order valence-corrected chi connectivity index (χ4v) is 3.08. The van der Waals surface area contributed by atoms with Gasteiger partial charge in [0.15, 0.2) is 17.1 Å². The number of ether oxygens (including phenoxy) is 2. The van der Waals surface area contributed by atoms with Gasteiger partial charge < -0.3 is 13.9 Å². The second-order valence-corrected chi connectivity index (χ2v) is 6.19. The van der Waals surface area contributed by atoms with Gasteiger partial charge in [-0.05, 0) is 56.0 Å². The van der Waals surface area contributed by atoms with Crippen LogP contribution >= 0.6 is 12.2 Å². The van der Waals surface area contributed by atoms with Crippen LogP contribution < -0.4 is 9.47 Å². The number of hydrogen-bond donors (Lipinski definition) is 0. The molecule has 0 bridgehead atoms. The maximum Gasteiger partial charge on any atom is 0.270 e. The minimum absolute atomic E-state index is 0.484. The fraction of sp³-hybridized carbons (Fsp3) is 0.316. The van der Waals surface area contributed by atoms with E-state index in [0.717, 1.165) is 34.7 Å². The van der Waals surface area contributed by atoms with Crippen molar-refractivity contribution in [1.29, 1.82) is 0 Å². The highest BCUT2D eigenvalue weighted by molar-refractivity contribution is 7.71. The molecule has 1 aromatic heterocycles. The first-order valence-electron chi connectivity index (χ1n) is 8.19. The molecule has 0 amide bonds. The van der Waals surface area contributed by atoms with Crippen LogP contribution in [-0.4, -0.2) is 30.2 Å². The summed E-state index contributed by atoms with van der Waals surface area (Å²) in [6, 6.07) is 13.9. The summed E-state index contributed by atoms with van der Waals surface area (Å²) in [4.78, 5) is 2.66. The second kappa shape index (κ2) is 7.72. The zero-order valence-electron chi connectivity index (χ0n) is 14.7. The molecular formula is C19H22N2O3S. The summed E-state index contributed by atoms with van der Waals surface area (Å²) in [5.74, 6) is 1.51. The minimum Gasteiger partial charge on any atom is -0.493 e. The molecule has 0 fully saturated rings. The van der Waals surface area contributed by atoms with Crippen LogP contribution in [0.15, 0.2) is 46.9 Å². The van der Waals surface area contributed by atoms with E-state index in [2.05, 4.69) is 11.0 Å². The highest BCUT2D eigenvalue weighted by Gasteiger charge is 2.10. The molecular weight excluding hydrogens is 336 g/mol. The zero-order valence-corrected chi connectivity index (χ0v) is 15.5. The molecule has 0 spiro atoms. The van der Waals surface area contributed by atoms with Gasteiger partial charge >= 0.3 is 0 Å². The van der Waals surface area contributed by atoms with Crippen LogP contribution in [0.25, 0.3) is 11.1 Å². The molecule has 0 atom stereocenters. The van der Waals surface area contributed by atoms with Gasteiger partial charge in [-0.1, -0.05) is 18.2 Å². The molecule has 0 unspecified atom stereocenters. The van der Waals surface area contributed by atoms with E-state index in [1.165, 1.54) is 0 Å². The average molecular weight is 358 g/mol. The molecule has 0 aliphatic heterocycles. The molecule has 25 heavy (non-hydrogen) atoms. The Labute approximate surface area is 152 Å². The lowest BCUT2D eigenvalue weighted by atomic mass is 10.2. The van der Waals surface area contributed by atoms with Crippen molar-refractivity contribution in [3.8, 4) is 11.5 Å². The van der Waals surface area contributed by atoms with Crippen molar-refractivity contribution in [2.75, 3.05) is 20.8 Å². The zero-order chi connectivity index (χ0) is 17.8. The fourth-order valence-electron chi connectivity index (χ4n) is 2.84. The van der Waals surface area contributed by atoms with E-state index in [1.807, 2.05) is 54.9 Å². The first kappa shape index (κ1) is 17.5. The van der Waals surface area contributed by atoms with Gasteiger partial charge in [-0.3, -0.25) is 9.47 Å². The van der Waals surface area contributed by atoms with Gasteiger partial charge in [0.25, 0.3) is 4.84 Å². The van der Waals surface area contributed by atoms with Crippen molar-refractivity contribution in [2.24, 2.45) is 0 Å². The number of oxazole rings is 1. The number of methoxy groups -OCH3 is 1. The summed E-state index contributed by atoms with van der Waals surface area (Å²) < 4.78 is 18.6. The molecule has 3 rings (SSSR count). The summed E-state index contributed by atoms with van der Waals surface area (Å²) in [5.41, 5.74) is 2.95. The van der Waals surface area contributed by atoms with E-state index in [9.17, 15) is 0 Å². The Morgan fingerprint density at radius 2 is 1.96 bits per heavy atom. The smallest absolute Gasteiger partial charge is 0.270 e. The van der Waals surface area contributed by atoms with E-state index in [0.29, 0.717) is 18.1 Å². The standard InChI is InChI=1S/C19H22N2O3S/c1-4-23-17-10-9-14(11-18(17)22-3)12-20(2)13-21-15-7-5-6-8-16(15)24-19(21)25/h5-11H,4,12-13H2,1-3H3. The van der Waals surface area contributed by atoms with Crippen LogP contribution in [0, 0.1) is 4.84 Å². The predicted octanol–water partition coefficient (Wildman–Crippen LogP) is 4.46. The summed E-state index contributed by atoms with van der Waals surface area (Å²) in [7, 11) is 3.70. The number of fused-ring (bicyclic) bond motifs is 1. The monoisotopic (exact) mass is 358 g/mol. The number of benzene rings is 2. The molecule has 1 heterocycles. The molecule has 0 aliphatic carbocycles. The van der Waals surface area contributed by atoms with Crippen LogP contribution in [0.1, 0.15) is 12.5 Å². The van der Waals surface area contributed by atoms with Crippen LogP contribution in [0.2, 0.25) is 0 Å². The molecule has 132 valence electrons. The van der Waals surface area contributed by atoms with Crippen molar-refractivity contribution in [3.05, 3.63) is 52.9 Å². The van der Waals surface area contributed by atoms with Crippen molar-refractivity contribution in [2.45, 2.75) is 20.1 Å².